The molecule has 0 aliphatic rings. The summed E-state index contributed by atoms with van der Waals surface area (Å²) in [4.78, 5) is 3.73. The molecule has 0 unspecified atom stereocenters. The Labute approximate surface area is 101 Å². The van der Waals surface area contributed by atoms with Crippen molar-refractivity contribution in [3.8, 4) is 0 Å². The Morgan fingerprint density at radius 3 is 2.69 bits per heavy atom. The Kier molecular flexibility index (Phi) is 4.31. The van der Waals surface area contributed by atoms with Crippen molar-refractivity contribution in [2.24, 2.45) is 0 Å². The molecule has 0 amide bonds. The minimum atomic E-state index is -2.58. The van der Waals surface area contributed by atoms with Gasteiger partial charge in [-0.15, -0.1) is 0 Å². The Morgan fingerprint density at radius 1 is 1.62 bits per heavy atom. The molecule has 0 N–H and O–H groups in total. The number of pyridine rings is 1. The minimum Gasteiger partial charge on any atom is -0.240 e. The van der Waals surface area contributed by atoms with Crippen molar-refractivity contribution in [1.82, 2.24) is 4.98 Å². The molecule has 0 radical (unpaired) electrons. The number of nitrogens with zero attached hydrogens (tertiary/aromatic N) is 1. The third-order valence-corrected chi connectivity index (χ3v) is 2.86. The summed E-state index contributed by atoms with van der Waals surface area (Å²) in [5.41, 5.74) is 0.117. The third kappa shape index (κ3) is 2.73. The van der Waals surface area contributed by atoms with Crippen LogP contribution in [-0.2, 0) is 5.33 Å². The van der Waals surface area contributed by atoms with Crippen LogP contribution in [-0.4, -0.2) is 4.98 Å². The fraction of sp³-hybridized carbons (Fsp3) is 0.286. The van der Waals surface area contributed by atoms with Crippen molar-refractivity contribution >= 4 is 50.1 Å². The molecule has 1 aromatic heterocycles. The van der Waals surface area contributed by atoms with E-state index in [0.717, 1.165) is 0 Å². The molecule has 1 aromatic rings. The van der Waals surface area contributed by atoms with Gasteiger partial charge in [0.25, 0.3) is 6.43 Å². The van der Waals surface area contributed by atoms with Crippen LogP contribution in [0.5, 0.6) is 0 Å². The van der Waals surface area contributed by atoms with E-state index < -0.39 is 6.43 Å². The van der Waals surface area contributed by atoms with Crippen LogP contribution in [0.15, 0.2) is 6.07 Å². The first-order valence-electron chi connectivity index (χ1n) is 3.25. The quantitative estimate of drug-likeness (QED) is 0.425. The highest BCUT2D eigenvalue weighted by molar-refractivity contribution is 14.1. The molecule has 0 saturated carbocycles. The summed E-state index contributed by atoms with van der Waals surface area (Å²) in [5.74, 6) is 0. The molecule has 6 heteroatoms. The van der Waals surface area contributed by atoms with Gasteiger partial charge < -0.3 is 0 Å². The van der Waals surface area contributed by atoms with E-state index in [1.54, 1.807) is 6.07 Å². The topological polar surface area (TPSA) is 12.9 Å². The zero-order valence-corrected chi connectivity index (χ0v) is 10.7. The van der Waals surface area contributed by atoms with E-state index in [-0.39, 0.29) is 11.0 Å². The fourth-order valence-electron chi connectivity index (χ4n) is 0.842. The predicted molar refractivity (Wildman–Crippen MR) is 59.6 cm³/mol. The molecule has 0 saturated heterocycles. The summed E-state index contributed by atoms with van der Waals surface area (Å²) >= 11 is 10.7. The second-order valence-electron chi connectivity index (χ2n) is 2.22. The first-order valence-corrected chi connectivity index (χ1v) is 5.83. The smallest absolute Gasteiger partial charge is 0.240 e. The summed E-state index contributed by atoms with van der Waals surface area (Å²) < 4.78 is 25.3. The first-order chi connectivity index (χ1) is 6.06. The lowest BCUT2D eigenvalue weighted by molar-refractivity contribution is 0.145. The van der Waals surface area contributed by atoms with Gasteiger partial charge in [-0.3, -0.25) is 0 Å². The van der Waals surface area contributed by atoms with Crippen LogP contribution in [0.2, 0.25) is 5.02 Å². The largest absolute Gasteiger partial charge is 0.280 e. The van der Waals surface area contributed by atoms with E-state index in [1.165, 1.54) is 0 Å². The average Bonchev–Trinajstić information content (AvgIpc) is 2.02. The minimum absolute atomic E-state index is 0.242. The summed E-state index contributed by atoms with van der Waals surface area (Å²) in [5, 5.41) is 0.613. The van der Waals surface area contributed by atoms with Gasteiger partial charge in [0.2, 0.25) is 0 Å². The summed E-state index contributed by atoms with van der Waals surface area (Å²) in [7, 11) is 0. The number of hydrogen-bond acceptors (Lipinski definition) is 1. The third-order valence-electron chi connectivity index (χ3n) is 1.41. The molecule has 72 valence electrons. The highest BCUT2D eigenvalue weighted by Gasteiger charge is 2.17. The molecular formula is C7H4BrClF2IN. The molecule has 0 fully saturated rings. The Hall–Kier alpha value is 0.510. The Bertz CT molecular complexity index is 322. The summed E-state index contributed by atoms with van der Waals surface area (Å²) in [6.07, 6.45) is -2.58. The lowest BCUT2D eigenvalue weighted by atomic mass is 10.2. The van der Waals surface area contributed by atoms with E-state index >= 15 is 0 Å². The molecule has 13 heavy (non-hydrogen) atoms. The standard InChI is InChI=1S/C7H4BrClF2IN/c8-2-3-4(9)1-5(12)13-6(3)7(10)11/h1,7H,2H2. The summed E-state index contributed by atoms with van der Waals surface area (Å²) in [6, 6.07) is 1.56. The second-order valence-corrected chi connectivity index (χ2v) is 4.30. The zero-order chi connectivity index (χ0) is 10.0. The molecule has 0 aromatic carbocycles. The van der Waals surface area contributed by atoms with Gasteiger partial charge in [-0.05, 0) is 28.7 Å². The molecule has 0 aliphatic heterocycles. The van der Waals surface area contributed by atoms with Gasteiger partial charge in [-0.1, -0.05) is 27.5 Å². The second kappa shape index (κ2) is 4.84. The number of alkyl halides is 3. The Morgan fingerprint density at radius 2 is 2.23 bits per heavy atom. The Balaban J connectivity index is 3.29. The lowest BCUT2D eigenvalue weighted by Crippen LogP contribution is -1.99. The van der Waals surface area contributed by atoms with Gasteiger partial charge in [0.1, 0.15) is 9.39 Å². The van der Waals surface area contributed by atoms with Crippen LogP contribution in [0, 0.1) is 3.70 Å². The molecule has 0 atom stereocenters. The van der Waals surface area contributed by atoms with Gasteiger partial charge in [0, 0.05) is 15.9 Å². The molecule has 1 nitrogen and oxygen atoms in total. The molecule has 0 spiro atoms. The van der Waals surface area contributed by atoms with Crippen LogP contribution >= 0.6 is 50.1 Å². The maximum Gasteiger partial charge on any atom is 0.280 e. The molecule has 1 rings (SSSR count). The van der Waals surface area contributed by atoms with Crippen molar-refractivity contribution < 1.29 is 8.78 Å². The van der Waals surface area contributed by atoms with Crippen molar-refractivity contribution in [3.05, 3.63) is 26.0 Å². The van der Waals surface area contributed by atoms with Gasteiger partial charge in [0.15, 0.2) is 0 Å². The van der Waals surface area contributed by atoms with Crippen molar-refractivity contribution in [1.29, 1.82) is 0 Å². The van der Waals surface area contributed by atoms with Crippen LogP contribution < -0.4 is 0 Å². The van der Waals surface area contributed by atoms with Gasteiger partial charge in [-0.2, -0.15) is 0 Å². The van der Waals surface area contributed by atoms with E-state index in [2.05, 4.69) is 20.9 Å². The van der Waals surface area contributed by atoms with E-state index in [0.29, 0.717) is 14.3 Å². The maximum atomic E-state index is 12.4. The molecule has 0 bridgehead atoms. The normalized spacial score (nSPS) is 10.9. The van der Waals surface area contributed by atoms with Crippen LogP contribution in [0.4, 0.5) is 8.78 Å². The maximum absolute atomic E-state index is 12.4. The van der Waals surface area contributed by atoms with Crippen LogP contribution in [0.1, 0.15) is 17.7 Å². The number of halogens is 5. The average molecular weight is 382 g/mol. The first kappa shape index (κ1) is 11.6. The fourth-order valence-corrected chi connectivity index (χ4v) is 2.61. The summed E-state index contributed by atoms with van der Waals surface area (Å²) in [6.45, 7) is 0. The lowest BCUT2D eigenvalue weighted by Gasteiger charge is -2.07. The molecule has 0 aliphatic carbocycles. The number of aromatic nitrogens is 1. The van der Waals surface area contributed by atoms with Crippen LogP contribution in [0.3, 0.4) is 0 Å². The predicted octanol–water partition coefficient (Wildman–Crippen LogP) is 4.17. The van der Waals surface area contributed by atoms with Gasteiger partial charge in [-0.25, -0.2) is 13.8 Å². The van der Waals surface area contributed by atoms with Gasteiger partial charge in [0.05, 0.1) is 0 Å². The van der Waals surface area contributed by atoms with E-state index in [4.69, 9.17) is 11.6 Å². The van der Waals surface area contributed by atoms with Gasteiger partial charge >= 0.3 is 0 Å². The van der Waals surface area contributed by atoms with Crippen molar-refractivity contribution in [3.63, 3.8) is 0 Å². The number of hydrogen-bond donors (Lipinski definition) is 0. The monoisotopic (exact) mass is 381 g/mol. The highest BCUT2D eigenvalue weighted by Crippen LogP contribution is 2.29. The molecular weight excluding hydrogens is 378 g/mol. The molecule has 1 heterocycles. The van der Waals surface area contributed by atoms with Crippen molar-refractivity contribution in [2.45, 2.75) is 11.8 Å². The van der Waals surface area contributed by atoms with Crippen LogP contribution in [0.25, 0.3) is 0 Å². The SMILES string of the molecule is FC(F)c1nc(I)cc(Cl)c1CBr. The van der Waals surface area contributed by atoms with Crippen molar-refractivity contribution in [2.75, 3.05) is 0 Å². The number of rotatable bonds is 2. The highest BCUT2D eigenvalue weighted by atomic mass is 127. The zero-order valence-electron chi connectivity index (χ0n) is 6.20. The van der Waals surface area contributed by atoms with E-state index in [1.807, 2.05) is 22.6 Å². The van der Waals surface area contributed by atoms with E-state index in [9.17, 15) is 8.78 Å².